The van der Waals surface area contributed by atoms with E-state index in [1.807, 2.05) is 65.0 Å². The van der Waals surface area contributed by atoms with Crippen LogP contribution in [-0.2, 0) is 0 Å². The van der Waals surface area contributed by atoms with Crippen molar-refractivity contribution in [1.29, 1.82) is 0 Å². The van der Waals surface area contributed by atoms with Crippen LogP contribution in [0.15, 0.2) is 77.5 Å². The number of hydrogen-bond acceptors (Lipinski definition) is 7. The number of carbonyl (C=O) groups excluding carboxylic acids is 1. The molecule has 5 aromatic rings. The van der Waals surface area contributed by atoms with Gasteiger partial charge in [-0.15, -0.1) is 34.4 Å². The summed E-state index contributed by atoms with van der Waals surface area (Å²) in [6.45, 7) is 0. The van der Waals surface area contributed by atoms with Crippen LogP contribution in [0.25, 0.3) is 37.0 Å². The Labute approximate surface area is 214 Å². The molecule has 6 rings (SSSR count). The standard InChI is InChI=1S/C27H20N4OS3/c28-18-9-7-16(22-4-1-11-33-22)14-20(18)31-27(32)17-8-10-19-21(15-17)30-26(24-6-3-13-35-24)25(29-19)23-5-2-12-34-23/h1,3-11,13-15H,2,12,28H2,(H,31,32). The molecule has 0 radical (unpaired) electrons. The lowest BCUT2D eigenvalue weighted by Crippen LogP contribution is -2.13. The van der Waals surface area contributed by atoms with Crippen molar-refractivity contribution >= 4 is 67.7 Å². The van der Waals surface area contributed by atoms with Gasteiger partial charge in [-0.1, -0.05) is 24.3 Å². The molecule has 8 heteroatoms. The summed E-state index contributed by atoms with van der Waals surface area (Å²) in [7, 11) is 0. The van der Waals surface area contributed by atoms with E-state index >= 15 is 0 Å². The number of rotatable bonds is 5. The van der Waals surface area contributed by atoms with Crippen molar-refractivity contribution in [3.63, 3.8) is 0 Å². The third kappa shape index (κ3) is 4.36. The molecule has 0 bridgehead atoms. The molecule has 0 aliphatic carbocycles. The maximum absolute atomic E-state index is 13.2. The van der Waals surface area contributed by atoms with Gasteiger partial charge in [-0.05, 0) is 65.2 Å². The summed E-state index contributed by atoms with van der Waals surface area (Å²) in [5, 5.41) is 7.04. The highest BCUT2D eigenvalue weighted by Gasteiger charge is 2.19. The number of hydrogen-bond donors (Lipinski definition) is 2. The van der Waals surface area contributed by atoms with Gasteiger partial charge in [0.2, 0.25) is 0 Å². The number of thiophene rings is 2. The van der Waals surface area contributed by atoms with Gasteiger partial charge in [0.15, 0.2) is 0 Å². The van der Waals surface area contributed by atoms with Crippen molar-refractivity contribution in [2.75, 3.05) is 16.8 Å². The topological polar surface area (TPSA) is 80.9 Å². The molecule has 3 aromatic heterocycles. The van der Waals surface area contributed by atoms with E-state index in [0.717, 1.165) is 44.4 Å². The van der Waals surface area contributed by atoms with Crippen molar-refractivity contribution < 1.29 is 4.79 Å². The summed E-state index contributed by atoms with van der Waals surface area (Å²) in [6.07, 6.45) is 3.27. The Bertz CT molecular complexity index is 1570. The van der Waals surface area contributed by atoms with Crippen LogP contribution in [0.5, 0.6) is 0 Å². The monoisotopic (exact) mass is 512 g/mol. The van der Waals surface area contributed by atoms with Crippen LogP contribution in [0.4, 0.5) is 11.4 Å². The van der Waals surface area contributed by atoms with Crippen LogP contribution in [-0.4, -0.2) is 21.6 Å². The first kappa shape index (κ1) is 22.0. The summed E-state index contributed by atoms with van der Waals surface area (Å²) in [5.74, 6) is 0.828. The minimum absolute atomic E-state index is 0.237. The number of allylic oxidation sites excluding steroid dienone is 1. The number of nitrogens with one attached hydrogen (secondary N) is 1. The summed E-state index contributed by atoms with van der Waals surface area (Å²) in [5.41, 5.74) is 12.0. The van der Waals surface area contributed by atoms with Gasteiger partial charge in [0.25, 0.3) is 5.91 Å². The van der Waals surface area contributed by atoms with E-state index in [9.17, 15) is 4.79 Å². The summed E-state index contributed by atoms with van der Waals surface area (Å²) in [4.78, 5) is 26.5. The Morgan fingerprint density at radius 2 is 1.69 bits per heavy atom. The quantitative estimate of drug-likeness (QED) is 0.240. The molecule has 1 amide bonds. The highest BCUT2D eigenvalue weighted by Crippen LogP contribution is 2.39. The molecule has 4 heterocycles. The highest BCUT2D eigenvalue weighted by atomic mass is 32.2. The van der Waals surface area contributed by atoms with Crippen molar-refractivity contribution in [1.82, 2.24) is 9.97 Å². The Morgan fingerprint density at radius 3 is 2.43 bits per heavy atom. The van der Waals surface area contributed by atoms with E-state index in [1.165, 1.54) is 4.91 Å². The van der Waals surface area contributed by atoms with E-state index < -0.39 is 0 Å². The fourth-order valence-electron chi connectivity index (χ4n) is 3.99. The molecule has 1 aliphatic rings. The number of nitrogen functional groups attached to an aromatic ring is 1. The zero-order chi connectivity index (χ0) is 23.8. The van der Waals surface area contributed by atoms with Crippen LogP contribution >= 0.6 is 34.4 Å². The number of fused-ring (bicyclic) bond motifs is 1. The first-order valence-corrected chi connectivity index (χ1v) is 13.8. The Kier molecular flexibility index (Phi) is 5.85. The van der Waals surface area contributed by atoms with Gasteiger partial charge in [-0.2, -0.15) is 0 Å². The number of aromatic nitrogens is 2. The Morgan fingerprint density at radius 1 is 0.886 bits per heavy atom. The first-order chi connectivity index (χ1) is 17.2. The summed E-state index contributed by atoms with van der Waals surface area (Å²) < 4.78 is 0. The van der Waals surface area contributed by atoms with Crippen molar-refractivity contribution in [3.05, 3.63) is 88.8 Å². The zero-order valence-corrected chi connectivity index (χ0v) is 21.0. The Balaban J connectivity index is 1.36. The molecule has 0 saturated heterocycles. The lowest BCUT2D eigenvalue weighted by Gasteiger charge is -2.12. The third-order valence-electron chi connectivity index (χ3n) is 5.73. The average molecular weight is 513 g/mol. The highest BCUT2D eigenvalue weighted by molar-refractivity contribution is 8.08. The maximum atomic E-state index is 13.2. The van der Waals surface area contributed by atoms with Gasteiger partial charge in [0.05, 0.1) is 27.3 Å². The number of thioether (sulfide) groups is 1. The normalized spacial score (nSPS) is 13.2. The predicted molar refractivity (Wildman–Crippen MR) is 150 cm³/mol. The average Bonchev–Trinajstić information content (AvgIpc) is 3.67. The zero-order valence-electron chi connectivity index (χ0n) is 18.5. The van der Waals surface area contributed by atoms with Gasteiger partial charge in [0.1, 0.15) is 11.4 Å². The fourth-order valence-corrected chi connectivity index (χ4v) is 6.40. The molecular weight excluding hydrogens is 493 g/mol. The molecule has 172 valence electrons. The second-order valence-corrected chi connectivity index (χ2v) is 11.1. The summed E-state index contributed by atoms with van der Waals surface area (Å²) >= 11 is 5.10. The smallest absolute Gasteiger partial charge is 0.255 e. The molecule has 3 N–H and O–H groups in total. The van der Waals surface area contributed by atoms with Crippen molar-refractivity contribution in [2.45, 2.75) is 6.42 Å². The van der Waals surface area contributed by atoms with Crippen LogP contribution in [0, 0.1) is 0 Å². The van der Waals surface area contributed by atoms with Crippen LogP contribution < -0.4 is 11.1 Å². The van der Waals surface area contributed by atoms with Gasteiger partial charge in [-0.25, -0.2) is 9.97 Å². The molecule has 0 saturated carbocycles. The van der Waals surface area contributed by atoms with E-state index in [2.05, 4.69) is 17.5 Å². The Hall–Kier alpha value is -3.46. The van der Waals surface area contributed by atoms with E-state index in [4.69, 9.17) is 15.7 Å². The molecular formula is C27H20N4OS3. The number of amides is 1. The lowest BCUT2D eigenvalue weighted by atomic mass is 10.1. The SMILES string of the molecule is Nc1ccc(-c2cccs2)cc1NC(=O)c1ccc2nc(C3=CCCS3)c(-c3cccs3)nc2c1. The molecule has 35 heavy (non-hydrogen) atoms. The number of benzene rings is 2. The van der Waals surface area contributed by atoms with Crippen molar-refractivity contribution in [2.24, 2.45) is 0 Å². The molecule has 0 unspecified atom stereocenters. The number of carbonyl (C=O) groups is 1. The second-order valence-electron chi connectivity index (χ2n) is 8.04. The van der Waals surface area contributed by atoms with Gasteiger partial charge < -0.3 is 11.1 Å². The van der Waals surface area contributed by atoms with Crippen LogP contribution in [0.2, 0.25) is 0 Å². The minimum atomic E-state index is -0.237. The second kappa shape index (κ2) is 9.30. The van der Waals surface area contributed by atoms with E-state index in [0.29, 0.717) is 22.5 Å². The van der Waals surface area contributed by atoms with E-state index in [-0.39, 0.29) is 5.91 Å². The lowest BCUT2D eigenvalue weighted by molar-refractivity contribution is 0.102. The third-order valence-corrected chi connectivity index (χ3v) is 8.63. The fraction of sp³-hybridized carbons (Fsp3) is 0.0741. The minimum Gasteiger partial charge on any atom is -0.397 e. The molecule has 0 spiro atoms. The molecule has 0 atom stereocenters. The molecule has 5 nitrogen and oxygen atoms in total. The molecule has 0 fully saturated rings. The van der Waals surface area contributed by atoms with E-state index in [1.54, 1.807) is 34.8 Å². The van der Waals surface area contributed by atoms with Gasteiger partial charge in [-0.3, -0.25) is 4.79 Å². The van der Waals surface area contributed by atoms with Crippen molar-refractivity contribution in [3.8, 4) is 21.0 Å². The number of nitrogens with zero attached hydrogens (tertiary/aromatic N) is 2. The predicted octanol–water partition coefficient (Wildman–Crippen LogP) is 7.40. The number of anilines is 2. The van der Waals surface area contributed by atoms with Gasteiger partial charge >= 0.3 is 0 Å². The summed E-state index contributed by atoms with van der Waals surface area (Å²) in [6, 6.07) is 19.3. The maximum Gasteiger partial charge on any atom is 0.255 e. The molecule has 2 aromatic carbocycles. The largest absolute Gasteiger partial charge is 0.397 e. The van der Waals surface area contributed by atoms with Crippen LogP contribution in [0.1, 0.15) is 22.5 Å². The van der Waals surface area contributed by atoms with Gasteiger partial charge in [0, 0.05) is 21.1 Å². The van der Waals surface area contributed by atoms with Crippen LogP contribution in [0.3, 0.4) is 0 Å². The number of nitrogens with two attached hydrogens (primary N) is 1. The molecule has 1 aliphatic heterocycles. The first-order valence-electron chi connectivity index (χ1n) is 11.1.